The number of phenolic OH excluding ortho intramolecular Hbond substituents is 1. The number of carbonyl (C=O) groups is 4. The first kappa shape index (κ1) is 28.9. The van der Waals surface area contributed by atoms with E-state index in [-0.39, 0.29) is 23.3 Å². The van der Waals surface area contributed by atoms with Crippen molar-refractivity contribution in [3.05, 3.63) is 29.3 Å². The predicted octanol–water partition coefficient (Wildman–Crippen LogP) is 2.66. The summed E-state index contributed by atoms with van der Waals surface area (Å²) in [6, 6.07) is 2.07. The van der Waals surface area contributed by atoms with Crippen molar-refractivity contribution in [3.8, 4) is 5.75 Å². The number of para-hydroxylation sites is 1. The van der Waals surface area contributed by atoms with E-state index in [0.717, 1.165) is 0 Å². The molecule has 10 nitrogen and oxygen atoms in total. The summed E-state index contributed by atoms with van der Waals surface area (Å²) in [6.07, 6.45) is -0.754. The molecule has 0 aromatic heterocycles. The van der Waals surface area contributed by atoms with Crippen molar-refractivity contribution < 1.29 is 29.0 Å². The number of ether oxygens (including phenoxy) is 1. The molecule has 4 amide bonds. The van der Waals surface area contributed by atoms with Gasteiger partial charge in [-0.15, -0.1) is 0 Å². The first-order chi connectivity index (χ1) is 16.4. The molecule has 0 heterocycles. The lowest BCUT2D eigenvalue weighted by molar-refractivity contribution is -0.144. The molecule has 1 aliphatic rings. The van der Waals surface area contributed by atoms with Gasteiger partial charge in [0.2, 0.25) is 17.7 Å². The number of aromatic hydroxyl groups is 1. The van der Waals surface area contributed by atoms with Crippen LogP contribution in [0.4, 0.5) is 4.79 Å². The molecule has 0 bridgehead atoms. The van der Waals surface area contributed by atoms with Crippen LogP contribution in [0.1, 0.15) is 78.5 Å². The number of phenols is 1. The van der Waals surface area contributed by atoms with Gasteiger partial charge in [0.15, 0.2) is 0 Å². The number of primary amides is 1. The maximum absolute atomic E-state index is 14.0. The fourth-order valence-electron chi connectivity index (χ4n) is 3.96. The Morgan fingerprint density at radius 2 is 1.75 bits per heavy atom. The molecule has 0 radical (unpaired) electrons. The molecule has 36 heavy (non-hydrogen) atoms. The first-order valence-corrected chi connectivity index (χ1v) is 12.1. The van der Waals surface area contributed by atoms with Crippen LogP contribution in [0.15, 0.2) is 18.2 Å². The van der Waals surface area contributed by atoms with E-state index in [1.54, 1.807) is 45.9 Å². The molecule has 10 heteroatoms. The normalized spacial score (nSPS) is 19.0. The number of hydrogen-bond acceptors (Lipinski definition) is 6. The highest BCUT2D eigenvalue weighted by Gasteiger charge is 2.49. The van der Waals surface area contributed by atoms with Gasteiger partial charge in [0.05, 0.1) is 6.42 Å². The average molecular weight is 505 g/mol. The second-order valence-corrected chi connectivity index (χ2v) is 11.5. The fourth-order valence-corrected chi connectivity index (χ4v) is 3.96. The average Bonchev–Trinajstić information content (AvgIpc) is 3.40. The number of amides is 4. The topological polar surface area (TPSA) is 151 Å². The number of benzene rings is 1. The molecular weight excluding hydrogens is 464 g/mol. The lowest BCUT2D eigenvalue weighted by Gasteiger charge is -2.36. The Morgan fingerprint density at radius 3 is 2.22 bits per heavy atom. The van der Waals surface area contributed by atoms with Crippen molar-refractivity contribution in [2.75, 3.05) is 0 Å². The second kappa shape index (κ2) is 10.8. The number of nitrogens with zero attached hydrogens (tertiary/aromatic N) is 1. The molecule has 5 N–H and O–H groups in total. The minimum Gasteiger partial charge on any atom is -0.507 e. The quantitative estimate of drug-likeness (QED) is 0.427. The van der Waals surface area contributed by atoms with Gasteiger partial charge in [-0.1, -0.05) is 25.1 Å². The summed E-state index contributed by atoms with van der Waals surface area (Å²) in [5, 5.41) is 16.2. The van der Waals surface area contributed by atoms with Crippen LogP contribution in [0.5, 0.6) is 5.75 Å². The van der Waals surface area contributed by atoms with Crippen LogP contribution < -0.4 is 16.4 Å². The predicted molar refractivity (Wildman–Crippen MR) is 135 cm³/mol. The summed E-state index contributed by atoms with van der Waals surface area (Å²) >= 11 is 0. The zero-order valence-electron chi connectivity index (χ0n) is 22.5. The van der Waals surface area contributed by atoms with Crippen molar-refractivity contribution in [2.24, 2.45) is 11.7 Å². The Balaban J connectivity index is 2.58. The van der Waals surface area contributed by atoms with E-state index in [1.165, 1.54) is 4.90 Å². The summed E-state index contributed by atoms with van der Waals surface area (Å²) in [6.45, 7) is 14.1. The van der Waals surface area contributed by atoms with Gasteiger partial charge in [-0.05, 0) is 66.4 Å². The van der Waals surface area contributed by atoms with E-state index in [0.29, 0.717) is 12.0 Å². The molecular formula is C26H40N4O6. The largest absolute Gasteiger partial charge is 0.507 e. The van der Waals surface area contributed by atoms with E-state index < -0.39 is 53.5 Å². The molecule has 4 atom stereocenters. The molecule has 2 rings (SSSR count). The van der Waals surface area contributed by atoms with E-state index >= 15 is 0 Å². The third kappa shape index (κ3) is 7.86. The highest BCUT2D eigenvalue weighted by atomic mass is 16.6. The van der Waals surface area contributed by atoms with Crippen LogP contribution in [-0.4, -0.2) is 57.0 Å². The Morgan fingerprint density at radius 1 is 1.17 bits per heavy atom. The number of carbonyl (C=O) groups excluding carboxylic acids is 4. The molecule has 1 aromatic carbocycles. The molecule has 0 aliphatic heterocycles. The van der Waals surface area contributed by atoms with Crippen molar-refractivity contribution >= 4 is 23.8 Å². The Kier molecular flexibility index (Phi) is 8.65. The fraction of sp³-hybridized carbons (Fsp3) is 0.615. The summed E-state index contributed by atoms with van der Waals surface area (Å²) < 4.78 is 5.28. The number of nitrogens with one attached hydrogen (secondary N) is 2. The minimum atomic E-state index is -1.36. The highest BCUT2D eigenvalue weighted by Crippen LogP contribution is 2.43. The standard InChI is InChI=1S/C26H40N4O6/c1-14-10-9-11-16(21(14)32)20(22(33)29-25(3,4)5)30(18-12-15(18)2)23(34)17(13-19(27)31)28-24(35)36-26(6,7)8/h9-11,15,17-18,20,32H,12-13H2,1-8H3,(H2,27,31)(H,28,35)(H,29,33). The van der Waals surface area contributed by atoms with E-state index in [1.807, 2.05) is 27.7 Å². The number of aryl methyl sites for hydroxylation is 1. The lowest BCUT2D eigenvalue weighted by Crippen LogP contribution is -2.56. The molecule has 1 fully saturated rings. The number of alkyl carbamates (subject to hydrolysis) is 1. The second-order valence-electron chi connectivity index (χ2n) is 11.5. The van der Waals surface area contributed by atoms with Gasteiger partial charge < -0.3 is 31.1 Å². The van der Waals surface area contributed by atoms with Gasteiger partial charge in [0.25, 0.3) is 0 Å². The van der Waals surface area contributed by atoms with Crippen LogP contribution in [0, 0.1) is 12.8 Å². The van der Waals surface area contributed by atoms with Gasteiger partial charge >= 0.3 is 6.09 Å². The lowest BCUT2D eigenvalue weighted by atomic mass is 9.97. The highest BCUT2D eigenvalue weighted by molar-refractivity contribution is 5.95. The molecule has 1 aromatic rings. The van der Waals surface area contributed by atoms with Crippen molar-refractivity contribution in [3.63, 3.8) is 0 Å². The minimum absolute atomic E-state index is 0.0709. The number of rotatable bonds is 8. The third-order valence-electron chi connectivity index (χ3n) is 5.66. The van der Waals surface area contributed by atoms with E-state index in [4.69, 9.17) is 10.5 Å². The molecule has 0 saturated heterocycles. The van der Waals surface area contributed by atoms with Crippen LogP contribution in [0.3, 0.4) is 0 Å². The summed E-state index contributed by atoms with van der Waals surface area (Å²) in [5.41, 5.74) is 4.73. The van der Waals surface area contributed by atoms with Crippen LogP contribution in [-0.2, 0) is 19.1 Å². The van der Waals surface area contributed by atoms with Gasteiger partial charge in [0.1, 0.15) is 23.4 Å². The van der Waals surface area contributed by atoms with Crippen LogP contribution in [0.2, 0.25) is 0 Å². The SMILES string of the molecule is Cc1cccc(C(C(=O)NC(C)(C)C)N(C(=O)C(CC(N)=O)NC(=O)OC(C)(C)C)C2CC2C)c1O. The summed E-state index contributed by atoms with van der Waals surface area (Å²) in [7, 11) is 0. The van der Waals surface area contributed by atoms with Crippen LogP contribution >= 0.6 is 0 Å². The van der Waals surface area contributed by atoms with E-state index in [9.17, 15) is 24.3 Å². The van der Waals surface area contributed by atoms with Gasteiger partial charge in [-0.2, -0.15) is 0 Å². The maximum Gasteiger partial charge on any atom is 0.408 e. The summed E-state index contributed by atoms with van der Waals surface area (Å²) in [4.78, 5) is 53.3. The molecule has 1 saturated carbocycles. The Labute approximate surface area is 212 Å². The monoisotopic (exact) mass is 504 g/mol. The zero-order chi connectivity index (χ0) is 27.6. The third-order valence-corrected chi connectivity index (χ3v) is 5.66. The van der Waals surface area contributed by atoms with Crippen molar-refractivity contribution in [1.29, 1.82) is 0 Å². The maximum atomic E-state index is 14.0. The molecule has 4 unspecified atom stereocenters. The first-order valence-electron chi connectivity index (χ1n) is 12.1. The van der Waals surface area contributed by atoms with E-state index in [2.05, 4.69) is 10.6 Å². The zero-order valence-corrected chi connectivity index (χ0v) is 22.5. The Bertz CT molecular complexity index is 1010. The van der Waals surface area contributed by atoms with Crippen molar-refractivity contribution in [1.82, 2.24) is 15.5 Å². The Hall–Kier alpha value is -3.30. The molecule has 0 spiro atoms. The molecule has 1 aliphatic carbocycles. The summed E-state index contributed by atoms with van der Waals surface area (Å²) in [5.74, 6) is -2.00. The molecule has 200 valence electrons. The van der Waals surface area contributed by atoms with Crippen LogP contribution in [0.25, 0.3) is 0 Å². The number of hydrogen-bond donors (Lipinski definition) is 4. The van der Waals surface area contributed by atoms with Gasteiger partial charge in [0, 0.05) is 17.1 Å². The van der Waals surface area contributed by atoms with Gasteiger partial charge in [-0.25, -0.2) is 4.79 Å². The van der Waals surface area contributed by atoms with Crippen molar-refractivity contribution in [2.45, 2.75) is 97.5 Å². The van der Waals surface area contributed by atoms with Gasteiger partial charge in [-0.3, -0.25) is 14.4 Å². The smallest absolute Gasteiger partial charge is 0.408 e. The number of nitrogens with two attached hydrogens (primary N) is 1.